The van der Waals surface area contributed by atoms with Crippen LogP contribution in [0.15, 0.2) is 35.2 Å². The maximum absolute atomic E-state index is 13.5. The zero-order valence-corrected chi connectivity index (χ0v) is 21.3. The molecule has 0 aliphatic carbocycles. The first-order valence-corrected chi connectivity index (χ1v) is 13.6. The van der Waals surface area contributed by atoms with Gasteiger partial charge in [-0.3, -0.25) is 4.79 Å². The van der Waals surface area contributed by atoms with Crippen LogP contribution >= 0.6 is 11.3 Å². The maximum Gasteiger partial charge on any atom is 0.286 e. The number of aryl methyl sites for hydroxylation is 3. The number of anilines is 1. The Kier molecular flexibility index (Phi) is 6.24. The van der Waals surface area contributed by atoms with Gasteiger partial charge >= 0.3 is 0 Å². The van der Waals surface area contributed by atoms with Gasteiger partial charge in [0.25, 0.3) is 5.91 Å². The first-order chi connectivity index (χ1) is 16.7. The van der Waals surface area contributed by atoms with Gasteiger partial charge in [0, 0.05) is 30.8 Å². The highest BCUT2D eigenvalue weighted by Gasteiger charge is 2.34. The second kappa shape index (κ2) is 9.21. The Morgan fingerprint density at radius 1 is 1.09 bits per heavy atom. The Labute approximate surface area is 208 Å². The minimum Gasteiger partial charge on any atom is -0.454 e. The summed E-state index contributed by atoms with van der Waals surface area (Å²) in [6.45, 7) is 6.57. The van der Waals surface area contributed by atoms with Crippen molar-refractivity contribution < 1.29 is 22.7 Å². The Morgan fingerprint density at radius 2 is 1.83 bits per heavy atom. The average Bonchev–Trinajstić information content (AvgIpc) is 3.48. The zero-order valence-electron chi connectivity index (χ0n) is 19.7. The van der Waals surface area contributed by atoms with Gasteiger partial charge in [-0.2, -0.15) is 4.31 Å². The molecule has 5 rings (SSSR count). The summed E-state index contributed by atoms with van der Waals surface area (Å²) in [4.78, 5) is 13.1. The molecule has 0 bridgehead atoms. The molecular weight excluding hydrogens is 488 g/mol. The van der Waals surface area contributed by atoms with E-state index in [-0.39, 0.29) is 23.6 Å². The van der Waals surface area contributed by atoms with Crippen molar-refractivity contribution in [1.82, 2.24) is 14.5 Å². The second-order valence-corrected chi connectivity index (χ2v) is 11.8. The van der Waals surface area contributed by atoms with E-state index in [0.717, 1.165) is 23.1 Å². The molecule has 1 atom stereocenters. The number of piperidine rings is 1. The number of hydrogen-bond acceptors (Lipinski definition) is 8. The molecular formula is C24H26N4O5S2. The molecule has 1 aromatic heterocycles. The summed E-state index contributed by atoms with van der Waals surface area (Å²) in [7, 11) is -3.65. The zero-order chi connectivity index (χ0) is 24.7. The van der Waals surface area contributed by atoms with E-state index in [9.17, 15) is 13.2 Å². The third-order valence-corrected chi connectivity index (χ3v) is 9.46. The fourth-order valence-electron chi connectivity index (χ4n) is 4.72. The van der Waals surface area contributed by atoms with Crippen LogP contribution in [0.4, 0.5) is 5.69 Å². The Morgan fingerprint density at radius 3 is 2.60 bits per heavy atom. The Balaban J connectivity index is 1.31. The molecule has 0 radical (unpaired) electrons. The standard InChI is InChI=1S/C24H26N4O5S2/c1-14-9-15(2)21(16(3)10-14)35(30,31)28-8-4-5-17(12-28)23-26-27-24(34-23)22(29)25-18-6-7-19-20(11-18)33-13-32-19/h6-7,9-11,17H,4-5,8,12-13H2,1-3H3,(H,25,29). The molecule has 2 aliphatic heterocycles. The van der Waals surface area contributed by atoms with Crippen LogP contribution in [0.1, 0.15) is 50.3 Å². The van der Waals surface area contributed by atoms with Gasteiger partial charge in [-0.05, 0) is 56.9 Å². The molecule has 1 amide bonds. The largest absolute Gasteiger partial charge is 0.454 e. The normalized spacial score (nSPS) is 18.0. The van der Waals surface area contributed by atoms with E-state index < -0.39 is 10.0 Å². The van der Waals surface area contributed by atoms with E-state index in [0.29, 0.717) is 46.6 Å². The Hall–Kier alpha value is -3.02. The van der Waals surface area contributed by atoms with Crippen molar-refractivity contribution in [3.63, 3.8) is 0 Å². The molecule has 1 saturated heterocycles. The monoisotopic (exact) mass is 514 g/mol. The summed E-state index contributed by atoms with van der Waals surface area (Å²) in [5.41, 5.74) is 3.11. The van der Waals surface area contributed by atoms with Crippen LogP contribution in [0, 0.1) is 20.8 Å². The fourth-order valence-corrected chi connectivity index (χ4v) is 7.51. The predicted octanol–water partition coefficient (Wildman–Crippen LogP) is 4.01. The quantitative estimate of drug-likeness (QED) is 0.548. The number of hydrogen-bond donors (Lipinski definition) is 1. The van der Waals surface area contributed by atoms with Crippen LogP contribution in [0.3, 0.4) is 0 Å². The minimum atomic E-state index is -3.65. The molecule has 3 heterocycles. The van der Waals surface area contributed by atoms with Gasteiger partial charge < -0.3 is 14.8 Å². The van der Waals surface area contributed by atoms with Crippen molar-refractivity contribution in [2.45, 2.75) is 44.4 Å². The van der Waals surface area contributed by atoms with Crippen LogP contribution in [-0.4, -0.2) is 48.7 Å². The van der Waals surface area contributed by atoms with Crippen molar-refractivity contribution >= 4 is 33.0 Å². The number of carbonyl (C=O) groups excluding carboxylic acids is 1. The molecule has 1 unspecified atom stereocenters. The average molecular weight is 515 g/mol. The molecule has 3 aromatic rings. The number of rotatable bonds is 5. The van der Waals surface area contributed by atoms with Gasteiger partial charge in [0.15, 0.2) is 11.5 Å². The number of sulfonamides is 1. The summed E-state index contributed by atoms with van der Waals surface area (Å²) in [5, 5.41) is 12.0. The summed E-state index contributed by atoms with van der Waals surface area (Å²) in [5.74, 6) is 0.713. The van der Waals surface area contributed by atoms with Crippen LogP contribution in [0.2, 0.25) is 0 Å². The SMILES string of the molecule is Cc1cc(C)c(S(=O)(=O)N2CCCC(c3nnc(C(=O)Nc4ccc5c(c4)OCO5)s3)C2)c(C)c1. The summed E-state index contributed by atoms with van der Waals surface area (Å²) >= 11 is 1.20. The maximum atomic E-state index is 13.5. The second-order valence-electron chi connectivity index (χ2n) is 8.90. The van der Waals surface area contributed by atoms with Gasteiger partial charge in [0.2, 0.25) is 21.8 Å². The molecule has 0 saturated carbocycles. The van der Waals surface area contributed by atoms with E-state index in [1.807, 2.05) is 32.9 Å². The van der Waals surface area contributed by atoms with Gasteiger partial charge in [0.1, 0.15) is 5.01 Å². The summed E-state index contributed by atoms with van der Waals surface area (Å²) in [6.07, 6.45) is 1.50. The van der Waals surface area contributed by atoms with E-state index in [1.54, 1.807) is 22.5 Å². The van der Waals surface area contributed by atoms with Gasteiger partial charge in [0.05, 0.1) is 4.90 Å². The van der Waals surface area contributed by atoms with Gasteiger partial charge in [-0.15, -0.1) is 10.2 Å². The molecule has 1 N–H and O–H groups in total. The lowest BCUT2D eigenvalue weighted by molar-refractivity contribution is 0.102. The number of amides is 1. The first-order valence-electron chi connectivity index (χ1n) is 11.3. The molecule has 2 aliphatic rings. The highest BCUT2D eigenvalue weighted by Crippen LogP contribution is 2.36. The van der Waals surface area contributed by atoms with Crippen LogP contribution < -0.4 is 14.8 Å². The molecule has 0 spiro atoms. The number of benzene rings is 2. The fraction of sp³-hybridized carbons (Fsp3) is 0.375. The van der Waals surface area contributed by atoms with E-state index in [4.69, 9.17) is 9.47 Å². The third kappa shape index (κ3) is 4.63. The Bertz CT molecular complexity index is 1380. The van der Waals surface area contributed by atoms with Crippen molar-refractivity contribution in [2.75, 3.05) is 25.2 Å². The predicted molar refractivity (Wildman–Crippen MR) is 132 cm³/mol. The smallest absolute Gasteiger partial charge is 0.286 e. The molecule has 11 heteroatoms. The lowest BCUT2D eigenvalue weighted by Gasteiger charge is -2.31. The molecule has 35 heavy (non-hydrogen) atoms. The molecule has 1 fully saturated rings. The number of carbonyl (C=O) groups is 1. The topological polar surface area (TPSA) is 111 Å². The van der Waals surface area contributed by atoms with Crippen LogP contribution in [0.25, 0.3) is 0 Å². The number of nitrogens with one attached hydrogen (secondary N) is 1. The highest BCUT2D eigenvalue weighted by atomic mass is 32.2. The van der Waals surface area contributed by atoms with E-state index >= 15 is 0 Å². The third-order valence-electron chi connectivity index (χ3n) is 6.20. The number of ether oxygens (including phenoxy) is 2. The van der Waals surface area contributed by atoms with Crippen molar-refractivity contribution in [3.8, 4) is 11.5 Å². The van der Waals surface area contributed by atoms with E-state index in [1.165, 1.54) is 11.3 Å². The molecule has 9 nitrogen and oxygen atoms in total. The highest BCUT2D eigenvalue weighted by molar-refractivity contribution is 7.89. The van der Waals surface area contributed by atoms with Crippen molar-refractivity contribution in [2.24, 2.45) is 0 Å². The van der Waals surface area contributed by atoms with Gasteiger partial charge in [-0.25, -0.2) is 8.42 Å². The van der Waals surface area contributed by atoms with Crippen LogP contribution in [0.5, 0.6) is 11.5 Å². The molecule has 184 valence electrons. The lowest BCUT2D eigenvalue weighted by atomic mass is 10.0. The summed E-state index contributed by atoms with van der Waals surface area (Å²) < 4.78 is 39.2. The van der Waals surface area contributed by atoms with E-state index in [2.05, 4.69) is 15.5 Å². The van der Waals surface area contributed by atoms with Crippen molar-refractivity contribution in [3.05, 3.63) is 57.0 Å². The van der Waals surface area contributed by atoms with Gasteiger partial charge in [-0.1, -0.05) is 29.0 Å². The van der Waals surface area contributed by atoms with Crippen LogP contribution in [-0.2, 0) is 10.0 Å². The lowest BCUT2D eigenvalue weighted by Crippen LogP contribution is -2.39. The van der Waals surface area contributed by atoms with Crippen molar-refractivity contribution in [1.29, 1.82) is 0 Å². The minimum absolute atomic E-state index is 0.117. The number of aromatic nitrogens is 2. The number of nitrogens with zero attached hydrogens (tertiary/aromatic N) is 3. The summed E-state index contributed by atoms with van der Waals surface area (Å²) in [6, 6.07) is 8.96. The first kappa shape index (κ1) is 23.7. The number of fused-ring (bicyclic) bond motifs is 1. The molecule has 2 aromatic carbocycles.